The van der Waals surface area contributed by atoms with Crippen molar-refractivity contribution < 1.29 is 3.44 Å². The van der Waals surface area contributed by atoms with E-state index < -0.39 is 15.5 Å². The maximum atomic E-state index is 8.11. The zero-order valence-electron chi connectivity index (χ0n) is 1.70. The van der Waals surface area contributed by atoms with Gasteiger partial charge in [0, 0.05) is 0 Å². The predicted molar refractivity (Wildman–Crippen MR) is 36.0 cm³/mol. The zero-order valence-corrected chi connectivity index (χ0v) is 7.02. The van der Waals surface area contributed by atoms with E-state index in [4.69, 9.17) is 3.44 Å². The Balaban J connectivity index is 2.32. The molecular formula is HI2OSi. The summed E-state index contributed by atoms with van der Waals surface area (Å²) in [5.41, 5.74) is 0. The van der Waals surface area contributed by atoms with Crippen molar-refractivity contribution in [2.45, 2.75) is 0 Å². The summed E-state index contributed by atoms with van der Waals surface area (Å²) < 4.78 is 8.11. The van der Waals surface area contributed by atoms with Gasteiger partial charge >= 0.3 is 45.3 Å². The van der Waals surface area contributed by atoms with Gasteiger partial charge in [0.2, 0.25) is 0 Å². The molecule has 0 aromatic rings. The van der Waals surface area contributed by atoms with Gasteiger partial charge in [-0.2, -0.15) is 0 Å². The van der Waals surface area contributed by atoms with E-state index in [1.54, 1.807) is 0 Å². The Labute approximate surface area is 44.8 Å². The van der Waals surface area contributed by atoms with Crippen LogP contribution >= 0.6 is 34.1 Å². The molecule has 0 aromatic carbocycles. The van der Waals surface area contributed by atoms with Gasteiger partial charge in [0.15, 0.2) is 0 Å². The zero-order chi connectivity index (χ0) is 3.58. The van der Waals surface area contributed by atoms with Crippen molar-refractivity contribution in [2.24, 2.45) is 0 Å². The molecule has 0 aromatic heterocycles. The normalized spacial score (nSPS) is 11.2. The second-order valence-corrected chi connectivity index (χ2v) is 14.2. The van der Waals surface area contributed by atoms with Crippen LogP contribution in [0.4, 0.5) is 0 Å². The Morgan fingerprint density at radius 1 is 2.00 bits per heavy atom. The molecule has 0 saturated heterocycles. The molecule has 4 heteroatoms. The fourth-order valence-electron chi connectivity index (χ4n) is 0. The predicted octanol–water partition coefficient (Wildman–Crippen LogP) is 0.834. The Morgan fingerprint density at radius 3 is 2.00 bits per heavy atom. The number of halogens is 2. The first-order chi connectivity index (χ1) is 1.73. The molecule has 0 aliphatic carbocycles. The number of rotatable bonds is 0. The van der Waals surface area contributed by atoms with Crippen LogP contribution in [0.5, 0.6) is 0 Å². The molecule has 0 aliphatic heterocycles. The fourth-order valence-corrected chi connectivity index (χ4v) is 0. The van der Waals surface area contributed by atoms with Crippen molar-refractivity contribution in [2.75, 3.05) is 0 Å². The van der Waals surface area contributed by atoms with Crippen LogP contribution in [0.3, 0.4) is 0 Å². The molecule has 0 bridgehead atoms. The summed E-state index contributed by atoms with van der Waals surface area (Å²) in [7, 11) is 3.01. The summed E-state index contributed by atoms with van der Waals surface area (Å²) in [5, 5.41) is 0. The first-order valence-corrected chi connectivity index (χ1v) is 11.4. The van der Waals surface area contributed by atoms with Crippen molar-refractivity contribution in [3.63, 3.8) is 0 Å². The SMILES string of the molecule is OI([Si])I. The van der Waals surface area contributed by atoms with Gasteiger partial charge in [0.25, 0.3) is 0 Å². The van der Waals surface area contributed by atoms with Gasteiger partial charge in [-0.3, -0.25) is 0 Å². The molecule has 0 amide bonds. The molecule has 25 valence electrons. The summed E-state index contributed by atoms with van der Waals surface area (Å²) in [6.07, 6.45) is 0. The van der Waals surface area contributed by atoms with Gasteiger partial charge in [-0.1, -0.05) is 0 Å². The molecule has 0 rings (SSSR count). The van der Waals surface area contributed by atoms with Gasteiger partial charge in [-0.15, -0.1) is 0 Å². The van der Waals surface area contributed by atoms with Crippen LogP contribution in [-0.4, -0.2) is 11.2 Å². The van der Waals surface area contributed by atoms with Crippen LogP contribution < -0.4 is 0 Å². The second-order valence-electron chi connectivity index (χ2n) is 0.220. The van der Waals surface area contributed by atoms with Crippen LogP contribution in [-0.2, 0) is 0 Å². The van der Waals surface area contributed by atoms with Crippen LogP contribution in [0, 0.1) is 0 Å². The van der Waals surface area contributed by atoms with E-state index in [2.05, 4.69) is 7.74 Å². The molecule has 0 fully saturated rings. The first-order valence-electron chi connectivity index (χ1n) is 0.501. The molecular weight excluding hydrogens is 298 g/mol. The Morgan fingerprint density at radius 2 is 2.00 bits per heavy atom. The van der Waals surface area contributed by atoms with Crippen molar-refractivity contribution in [3.8, 4) is 0 Å². The number of hydrogen-bond acceptors (Lipinski definition) is 1. The first kappa shape index (κ1) is 5.64. The van der Waals surface area contributed by atoms with Crippen LogP contribution in [0.1, 0.15) is 0 Å². The van der Waals surface area contributed by atoms with Gasteiger partial charge in [0.1, 0.15) is 0 Å². The van der Waals surface area contributed by atoms with Gasteiger partial charge in [-0.05, 0) is 0 Å². The molecule has 0 heterocycles. The monoisotopic (exact) mass is 299 g/mol. The minimum absolute atomic E-state index is 1.49. The summed E-state index contributed by atoms with van der Waals surface area (Å²) in [6.45, 7) is 0. The van der Waals surface area contributed by atoms with E-state index in [-0.39, 0.29) is 0 Å². The minimum atomic E-state index is -1.49. The van der Waals surface area contributed by atoms with Gasteiger partial charge in [0.05, 0.1) is 0 Å². The summed E-state index contributed by atoms with van der Waals surface area (Å²) >= 11 is 0.481. The average Bonchev–Trinajstić information content (AvgIpc) is 0.811. The van der Waals surface area contributed by atoms with Crippen LogP contribution in [0.15, 0.2) is 0 Å². The summed E-state index contributed by atoms with van der Waals surface area (Å²) in [4.78, 5) is 0. The van der Waals surface area contributed by atoms with Crippen molar-refractivity contribution in [1.82, 2.24) is 0 Å². The average molecular weight is 299 g/mol. The van der Waals surface area contributed by atoms with Crippen LogP contribution in [0.25, 0.3) is 0 Å². The van der Waals surface area contributed by atoms with E-state index in [1.165, 1.54) is 0 Å². The topological polar surface area (TPSA) is 20.2 Å². The molecule has 0 saturated carbocycles. The van der Waals surface area contributed by atoms with Crippen LogP contribution in [0.2, 0.25) is 0 Å². The molecule has 0 atom stereocenters. The Bertz CT molecular complexity index is 10.8. The third-order valence-corrected chi connectivity index (χ3v) is 0. The Hall–Kier alpha value is 1.64. The molecule has 0 unspecified atom stereocenters. The quantitative estimate of drug-likeness (QED) is 0.399. The van der Waals surface area contributed by atoms with Gasteiger partial charge in [-0.25, -0.2) is 0 Å². The third-order valence-electron chi connectivity index (χ3n) is 0. The summed E-state index contributed by atoms with van der Waals surface area (Å²) in [6, 6.07) is 0. The summed E-state index contributed by atoms with van der Waals surface area (Å²) in [5.74, 6) is 0. The fraction of sp³-hybridized carbons (Fsp3) is 0. The Kier molecular flexibility index (Phi) is 4.02. The van der Waals surface area contributed by atoms with E-state index in [0.29, 0.717) is 0 Å². The molecule has 1 N–H and O–H groups in total. The molecule has 3 radical (unpaired) electrons. The number of hydrogen-bond donors (Lipinski definition) is 1. The van der Waals surface area contributed by atoms with Gasteiger partial charge < -0.3 is 0 Å². The second kappa shape index (κ2) is 2.85. The third kappa shape index (κ3) is 9.44. The van der Waals surface area contributed by atoms with E-state index in [0.717, 1.165) is 0 Å². The van der Waals surface area contributed by atoms with Crippen molar-refractivity contribution >= 4 is 41.8 Å². The van der Waals surface area contributed by atoms with E-state index in [9.17, 15) is 0 Å². The van der Waals surface area contributed by atoms with E-state index >= 15 is 0 Å². The van der Waals surface area contributed by atoms with Crippen molar-refractivity contribution in [3.05, 3.63) is 0 Å². The maximum absolute atomic E-state index is 8.11. The molecule has 4 heavy (non-hydrogen) atoms. The molecule has 0 spiro atoms. The standard InChI is InChI=1S/HI2OSi/c1-2(3)4/h3H. The van der Waals surface area contributed by atoms with Crippen molar-refractivity contribution in [1.29, 1.82) is 0 Å². The molecule has 0 aliphatic rings. The molecule has 1 nitrogen and oxygen atoms in total. The van der Waals surface area contributed by atoms with E-state index in [1.807, 2.05) is 18.6 Å².